The van der Waals surface area contributed by atoms with Gasteiger partial charge in [-0.15, -0.1) is 0 Å². The van der Waals surface area contributed by atoms with Crippen LogP contribution in [-0.4, -0.2) is 22.6 Å². The summed E-state index contributed by atoms with van der Waals surface area (Å²) in [6.45, 7) is 0. The molecule has 236 valence electrons. The Morgan fingerprint density at radius 3 is 1.68 bits per heavy atom. The molecule has 4 heteroatoms. The predicted molar refractivity (Wildman–Crippen MR) is 211 cm³/mol. The van der Waals surface area contributed by atoms with Crippen molar-refractivity contribution in [3.8, 4) is 28.2 Å². The number of para-hydroxylation sites is 1. The molecule has 0 aliphatic carbocycles. The second-order valence-corrected chi connectivity index (χ2v) is 16.5. The number of hydrogen-bond acceptors (Lipinski definition) is 2. The van der Waals surface area contributed by atoms with Crippen molar-refractivity contribution in [3.63, 3.8) is 0 Å². The minimum absolute atomic E-state index is 0.902. The number of hydrogen-bond donors (Lipinski definition) is 0. The molecule has 0 radical (unpaired) electrons. The predicted octanol–water partition coefficient (Wildman–Crippen LogP) is 8.29. The van der Waals surface area contributed by atoms with Crippen LogP contribution in [0.2, 0.25) is 0 Å². The molecule has 50 heavy (non-hydrogen) atoms. The number of benzene rings is 6. The Bertz CT molecular complexity index is 2540. The average Bonchev–Trinajstić information content (AvgIpc) is 3.54. The van der Waals surface area contributed by atoms with Crippen molar-refractivity contribution in [2.45, 2.75) is 0 Å². The van der Waals surface area contributed by atoms with Crippen molar-refractivity contribution in [1.82, 2.24) is 14.5 Å². The van der Waals surface area contributed by atoms with Crippen LogP contribution in [0.25, 0.3) is 50.0 Å². The Labute approximate surface area is 292 Å². The van der Waals surface area contributed by atoms with Gasteiger partial charge < -0.3 is 0 Å². The maximum Gasteiger partial charge on any atom is 0.181 e. The molecule has 0 bridgehead atoms. The first-order chi connectivity index (χ1) is 24.8. The molecule has 0 aliphatic heterocycles. The first-order valence-electron chi connectivity index (χ1n) is 17.0. The molecule has 0 spiro atoms. The molecule has 0 atom stereocenters. The molecule has 0 fully saturated rings. The van der Waals surface area contributed by atoms with Crippen molar-refractivity contribution in [3.05, 3.63) is 200 Å². The Hall–Kier alpha value is -6.36. The molecule has 3 aromatic heterocycles. The molecular formula is C46H33N3Si. The normalized spacial score (nSPS) is 11.6. The molecule has 9 rings (SSSR count). The zero-order valence-electron chi connectivity index (χ0n) is 27.4. The topological polar surface area (TPSA) is 30.7 Å². The Morgan fingerprint density at radius 1 is 0.380 bits per heavy atom. The van der Waals surface area contributed by atoms with Crippen LogP contribution in [0, 0.1) is 0 Å². The summed E-state index contributed by atoms with van der Waals surface area (Å²) in [5.74, 6) is 0.902. The highest BCUT2D eigenvalue weighted by Crippen LogP contribution is 2.32. The molecule has 3 nitrogen and oxygen atoms in total. The van der Waals surface area contributed by atoms with Crippen LogP contribution < -0.4 is 20.7 Å². The zero-order valence-corrected chi connectivity index (χ0v) is 28.4. The summed E-state index contributed by atoms with van der Waals surface area (Å²) >= 11 is 0. The van der Waals surface area contributed by atoms with E-state index in [1.807, 2.05) is 12.3 Å². The van der Waals surface area contributed by atoms with Crippen LogP contribution in [0.3, 0.4) is 0 Å². The summed E-state index contributed by atoms with van der Waals surface area (Å²) in [6, 6.07) is 67.6. The van der Waals surface area contributed by atoms with E-state index in [0.29, 0.717) is 0 Å². The highest BCUT2D eigenvalue weighted by atomic mass is 28.3. The van der Waals surface area contributed by atoms with Crippen LogP contribution in [0.5, 0.6) is 0 Å². The van der Waals surface area contributed by atoms with E-state index in [4.69, 9.17) is 9.97 Å². The van der Waals surface area contributed by atoms with Gasteiger partial charge in [-0.3, -0.25) is 9.55 Å². The Morgan fingerprint density at radius 2 is 0.980 bits per heavy atom. The monoisotopic (exact) mass is 655 g/mol. The summed E-state index contributed by atoms with van der Waals surface area (Å²) in [5.41, 5.74) is 6.61. The van der Waals surface area contributed by atoms with Crippen molar-refractivity contribution >= 4 is 50.6 Å². The average molecular weight is 656 g/mol. The summed E-state index contributed by atoms with van der Waals surface area (Å²) in [7, 11) is -2.88. The second kappa shape index (κ2) is 12.6. The quantitative estimate of drug-likeness (QED) is 0.128. The molecular weight excluding hydrogens is 623 g/mol. The van der Waals surface area contributed by atoms with Gasteiger partial charge in [0.05, 0.1) is 16.7 Å². The van der Waals surface area contributed by atoms with Gasteiger partial charge in [0.2, 0.25) is 0 Å². The highest BCUT2D eigenvalue weighted by molar-refractivity contribution is 7.20. The Balaban J connectivity index is 1.33. The lowest BCUT2D eigenvalue weighted by Crippen LogP contribution is -2.74. The third kappa shape index (κ3) is 4.97. The fourth-order valence-electron chi connectivity index (χ4n) is 7.58. The van der Waals surface area contributed by atoms with Crippen molar-refractivity contribution < 1.29 is 0 Å². The van der Waals surface area contributed by atoms with Crippen LogP contribution in [-0.2, 0) is 0 Å². The minimum atomic E-state index is -2.88. The lowest BCUT2D eigenvalue weighted by atomic mass is 10.1. The third-order valence-corrected chi connectivity index (χ3v) is 14.5. The van der Waals surface area contributed by atoms with Gasteiger partial charge in [0.1, 0.15) is 5.82 Å². The second-order valence-electron chi connectivity index (χ2n) is 12.6. The molecule has 0 saturated heterocycles. The molecule has 9 aromatic rings. The van der Waals surface area contributed by atoms with Gasteiger partial charge in [-0.25, -0.2) is 4.98 Å². The van der Waals surface area contributed by atoms with Gasteiger partial charge in [-0.05, 0) is 56.1 Å². The van der Waals surface area contributed by atoms with E-state index in [2.05, 4.69) is 193 Å². The van der Waals surface area contributed by atoms with Crippen LogP contribution >= 0.6 is 0 Å². The molecule has 6 aromatic carbocycles. The van der Waals surface area contributed by atoms with Crippen LogP contribution in [0.4, 0.5) is 0 Å². The minimum Gasteiger partial charge on any atom is -0.294 e. The van der Waals surface area contributed by atoms with Gasteiger partial charge >= 0.3 is 0 Å². The molecule has 3 heterocycles. The van der Waals surface area contributed by atoms with E-state index in [1.54, 1.807) is 0 Å². The maximum atomic E-state index is 5.20. The van der Waals surface area contributed by atoms with Crippen molar-refractivity contribution in [1.29, 1.82) is 0 Å². The summed E-state index contributed by atoms with van der Waals surface area (Å²) in [4.78, 5) is 10.1. The van der Waals surface area contributed by atoms with E-state index in [9.17, 15) is 0 Å². The zero-order chi connectivity index (χ0) is 33.3. The van der Waals surface area contributed by atoms with Crippen molar-refractivity contribution in [2.24, 2.45) is 0 Å². The summed E-state index contributed by atoms with van der Waals surface area (Å²) in [6.07, 6.45) is 4.09. The van der Waals surface area contributed by atoms with E-state index in [1.165, 1.54) is 31.5 Å². The van der Waals surface area contributed by atoms with E-state index >= 15 is 0 Å². The fraction of sp³-hybridized carbons (Fsp3) is 0. The summed E-state index contributed by atoms with van der Waals surface area (Å²) in [5, 5.41) is 7.61. The Kier molecular flexibility index (Phi) is 7.49. The molecule has 0 N–H and O–H groups in total. The lowest BCUT2D eigenvalue weighted by Gasteiger charge is -2.34. The largest absolute Gasteiger partial charge is 0.294 e. The van der Waals surface area contributed by atoms with Crippen molar-refractivity contribution in [2.75, 3.05) is 0 Å². The van der Waals surface area contributed by atoms with Gasteiger partial charge in [0.15, 0.2) is 8.07 Å². The highest BCUT2D eigenvalue weighted by Gasteiger charge is 2.42. The molecule has 0 unspecified atom stereocenters. The van der Waals surface area contributed by atoms with Gasteiger partial charge in [-0.2, -0.15) is 0 Å². The lowest BCUT2D eigenvalue weighted by molar-refractivity contribution is 1.08. The van der Waals surface area contributed by atoms with E-state index in [0.717, 1.165) is 39.2 Å². The molecule has 0 saturated carbocycles. The van der Waals surface area contributed by atoms with Crippen LogP contribution in [0.1, 0.15) is 0 Å². The SMILES string of the molecule is c1ccc(-c2cncc([Si](c3ccccc3)(c3ccccc3)c3ccc4c(c3)c3ccccc3n4-c3cccc(-c4ccccc4)n3)c2)cc1. The number of rotatable bonds is 7. The van der Waals surface area contributed by atoms with E-state index < -0.39 is 8.07 Å². The smallest absolute Gasteiger partial charge is 0.181 e. The first-order valence-corrected chi connectivity index (χ1v) is 19.0. The fourth-order valence-corrected chi connectivity index (χ4v) is 12.3. The number of fused-ring (bicyclic) bond motifs is 3. The molecule has 0 aliphatic rings. The standard InChI is InChI=1S/C46H33N3Si/c1-5-16-34(17-6-1)36-30-40(33-47-32-36)50(37-20-9-3-10-21-37,38-22-11-4-12-23-38)39-28-29-45-42(31-39)41-24-13-14-26-44(41)49(45)46-27-15-25-43(48-46)35-18-7-2-8-19-35/h1-33H. The summed E-state index contributed by atoms with van der Waals surface area (Å²) < 4.78 is 2.31. The maximum absolute atomic E-state index is 5.20. The first kappa shape index (κ1) is 29.8. The van der Waals surface area contributed by atoms with Crippen LogP contribution in [0.15, 0.2) is 200 Å². The third-order valence-electron chi connectivity index (χ3n) is 9.83. The number of aromatic nitrogens is 3. The van der Waals surface area contributed by atoms with E-state index in [-0.39, 0.29) is 0 Å². The molecule has 0 amide bonds. The number of nitrogens with zero attached hydrogens (tertiary/aromatic N) is 3. The van der Waals surface area contributed by atoms with Gasteiger partial charge in [-0.1, -0.05) is 164 Å². The number of pyridine rings is 2. The van der Waals surface area contributed by atoms with Gasteiger partial charge in [0.25, 0.3) is 0 Å². The van der Waals surface area contributed by atoms with Gasteiger partial charge in [0, 0.05) is 28.7 Å².